The molecule has 0 spiro atoms. The first kappa shape index (κ1) is 27.7. The average molecular weight is 666 g/mol. The monoisotopic (exact) mass is 665 g/mol. The van der Waals surface area contributed by atoms with Crippen LogP contribution in [-0.4, -0.2) is 0 Å². The Bertz CT molecular complexity index is 3130. The van der Waals surface area contributed by atoms with Crippen molar-refractivity contribution in [2.45, 2.75) is 0 Å². The molecule has 0 saturated heterocycles. The molecule has 0 N–H and O–H groups in total. The Kier molecular flexibility index (Phi) is 5.47. The van der Waals surface area contributed by atoms with Crippen molar-refractivity contribution >= 4 is 60.9 Å². The number of ether oxygens (including phenoxy) is 1. The lowest BCUT2D eigenvalue weighted by atomic mass is 9.91. The number of para-hydroxylation sites is 3. The second-order valence-corrected chi connectivity index (χ2v) is 13.7. The van der Waals surface area contributed by atoms with Gasteiger partial charge in [-0.05, 0) is 100 Å². The number of fused-ring (bicyclic) bond motifs is 13. The molecule has 0 aliphatic carbocycles. The van der Waals surface area contributed by atoms with Crippen molar-refractivity contribution in [3.8, 4) is 56.0 Å². The molecule has 0 saturated carbocycles. The molecule has 12 rings (SSSR count). The highest BCUT2D eigenvalue weighted by atomic mass is 16.5. The van der Waals surface area contributed by atoms with Crippen molar-refractivity contribution in [3.63, 3.8) is 0 Å². The summed E-state index contributed by atoms with van der Waals surface area (Å²) in [4.78, 5) is 2.39. The first-order chi connectivity index (χ1) is 25.7. The van der Waals surface area contributed by atoms with E-state index in [-0.39, 0.29) is 0 Å². The summed E-state index contributed by atoms with van der Waals surface area (Å²) in [6.45, 7) is 0. The summed E-state index contributed by atoms with van der Waals surface area (Å²) in [6.07, 6.45) is 0. The van der Waals surface area contributed by atoms with E-state index in [0.717, 1.165) is 100 Å². The molecule has 242 valence electrons. The van der Waals surface area contributed by atoms with Gasteiger partial charge in [0.05, 0.1) is 17.1 Å². The zero-order chi connectivity index (χ0) is 33.9. The molecule has 2 aliphatic rings. The second kappa shape index (κ2) is 10.3. The van der Waals surface area contributed by atoms with E-state index < -0.39 is 0 Å². The summed E-state index contributed by atoms with van der Waals surface area (Å²) < 4.78 is 19.4. The highest BCUT2D eigenvalue weighted by Gasteiger charge is 2.34. The number of hydrogen-bond acceptors (Lipinski definition) is 4. The zero-order valence-corrected chi connectivity index (χ0v) is 27.8. The molecule has 2 aliphatic heterocycles. The maximum absolute atomic E-state index is 7.04. The molecule has 52 heavy (non-hydrogen) atoms. The van der Waals surface area contributed by atoms with Gasteiger partial charge >= 0.3 is 0 Å². The molecule has 10 aromatic rings. The van der Waals surface area contributed by atoms with E-state index in [9.17, 15) is 0 Å². The van der Waals surface area contributed by atoms with E-state index in [1.165, 1.54) is 16.7 Å². The quantitative estimate of drug-likeness (QED) is 0.184. The maximum atomic E-state index is 7.04. The Hall–Kier alpha value is -7.04. The topological polar surface area (TPSA) is 38.8 Å². The van der Waals surface area contributed by atoms with E-state index >= 15 is 0 Å². The standard InChI is InChI=1S/C48H27NO3/c1-2-10-33-32(9-1)34-11-3-6-14-40(34)49-41-20-17-30(28-18-21-44-37(23-28)35-12-4-7-15-42(35)50-44)26-46(41)52-47-27-31(25-39(33)48(47)49)29-19-22-45-38(24-29)36-13-5-8-16-43(36)51-45/h1-27H. The Morgan fingerprint density at radius 1 is 0.327 bits per heavy atom. The van der Waals surface area contributed by atoms with Gasteiger partial charge in [0.1, 0.15) is 22.3 Å². The van der Waals surface area contributed by atoms with Crippen LogP contribution in [0.1, 0.15) is 0 Å². The summed E-state index contributed by atoms with van der Waals surface area (Å²) in [7, 11) is 0. The zero-order valence-electron chi connectivity index (χ0n) is 27.8. The summed E-state index contributed by atoms with van der Waals surface area (Å²) in [5.41, 5.74) is 15.8. The van der Waals surface area contributed by atoms with Crippen LogP contribution in [-0.2, 0) is 0 Å². The highest BCUT2D eigenvalue weighted by Crippen LogP contribution is 2.60. The number of anilines is 3. The predicted molar refractivity (Wildman–Crippen MR) is 211 cm³/mol. The maximum Gasteiger partial charge on any atom is 0.152 e. The van der Waals surface area contributed by atoms with Crippen molar-refractivity contribution in [1.29, 1.82) is 0 Å². The van der Waals surface area contributed by atoms with Crippen LogP contribution < -0.4 is 9.64 Å². The molecule has 0 bridgehead atoms. The minimum atomic E-state index is 0.808. The van der Waals surface area contributed by atoms with E-state index in [1.54, 1.807) is 0 Å². The summed E-state index contributed by atoms with van der Waals surface area (Å²) in [5.74, 6) is 1.62. The van der Waals surface area contributed by atoms with Gasteiger partial charge in [-0.15, -0.1) is 0 Å². The number of benzene rings is 8. The Morgan fingerprint density at radius 3 is 1.56 bits per heavy atom. The van der Waals surface area contributed by atoms with Crippen molar-refractivity contribution in [1.82, 2.24) is 0 Å². The first-order valence-electron chi connectivity index (χ1n) is 17.6. The summed E-state index contributed by atoms with van der Waals surface area (Å²) in [6, 6.07) is 57.9. The molecule has 4 heterocycles. The lowest BCUT2D eigenvalue weighted by molar-refractivity contribution is 0.478. The number of rotatable bonds is 2. The SMILES string of the molecule is c1ccc2c(c1)-c1ccccc1N1c3ccc(-c4ccc5oc6ccccc6c5c4)cc3Oc3cc(-c4ccc5oc6ccccc6c5c4)cc-2c31. The van der Waals surface area contributed by atoms with Gasteiger partial charge in [-0.1, -0.05) is 97.1 Å². The molecule has 0 atom stereocenters. The summed E-state index contributed by atoms with van der Waals surface area (Å²) >= 11 is 0. The van der Waals surface area contributed by atoms with Crippen molar-refractivity contribution in [2.75, 3.05) is 4.90 Å². The predicted octanol–water partition coefficient (Wildman–Crippen LogP) is 14.0. The lowest BCUT2D eigenvalue weighted by Crippen LogP contribution is -2.16. The fourth-order valence-electron chi connectivity index (χ4n) is 8.40. The van der Waals surface area contributed by atoms with E-state index in [0.29, 0.717) is 0 Å². The van der Waals surface area contributed by atoms with Gasteiger partial charge < -0.3 is 18.5 Å². The summed E-state index contributed by atoms with van der Waals surface area (Å²) in [5, 5.41) is 4.43. The van der Waals surface area contributed by atoms with Gasteiger partial charge in [0.2, 0.25) is 0 Å². The molecular weight excluding hydrogens is 639 g/mol. The normalized spacial score (nSPS) is 12.7. The third-order valence-corrected chi connectivity index (χ3v) is 10.8. The van der Waals surface area contributed by atoms with Gasteiger partial charge in [-0.2, -0.15) is 0 Å². The first-order valence-corrected chi connectivity index (χ1v) is 17.6. The molecule has 0 radical (unpaired) electrons. The van der Waals surface area contributed by atoms with Gasteiger partial charge in [0.25, 0.3) is 0 Å². The third-order valence-electron chi connectivity index (χ3n) is 10.8. The number of hydrogen-bond donors (Lipinski definition) is 0. The highest BCUT2D eigenvalue weighted by molar-refractivity contribution is 6.10. The Balaban J connectivity index is 1.09. The van der Waals surface area contributed by atoms with Crippen LogP contribution in [0.5, 0.6) is 11.5 Å². The van der Waals surface area contributed by atoms with Gasteiger partial charge in [0, 0.05) is 32.7 Å². The van der Waals surface area contributed by atoms with E-state index in [1.807, 2.05) is 24.3 Å². The van der Waals surface area contributed by atoms with Crippen LogP contribution in [0.2, 0.25) is 0 Å². The van der Waals surface area contributed by atoms with Crippen LogP contribution in [0.4, 0.5) is 17.1 Å². The minimum absolute atomic E-state index is 0.808. The molecule has 8 aromatic carbocycles. The van der Waals surface area contributed by atoms with Gasteiger partial charge in [-0.25, -0.2) is 0 Å². The third kappa shape index (κ3) is 3.86. The lowest BCUT2D eigenvalue weighted by Gasteiger charge is -2.34. The van der Waals surface area contributed by atoms with Gasteiger partial charge in [0.15, 0.2) is 11.5 Å². The number of nitrogens with zero attached hydrogens (tertiary/aromatic N) is 1. The van der Waals surface area contributed by atoms with Crippen molar-refractivity contribution < 1.29 is 13.6 Å². The minimum Gasteiger partial charge on any atom is -0.456 e. The molecule has 4 heteroatoms. The second-order valence-electron chi connectivity index (χ2n) is 13.7. The Labute approximate surface area is 298 Å². The fourth-order valence-corrected chi connectivity index (χ4v) is 8.40. The number of furan rings is 2. The van der Waals surface area contributed by atoms with Crippen LogP contribution in [0.15, 0.2) is 173 Å². The van der Waals surface area contributed by atoms with Crippen LogP contribution in [0.3, 0.4) is 0 Å². The average Bonchev–Trinajstić information content (AvgIpc) is 3.73. The molecule has 2 aromatic heterocycles. The fraction of sp³-hybridized carbons (Fsp3) is 0. The Morgan fingerprint density at radius 2 is 0.846 bits per heavy atom. The van der Waals surface area contributed by atoms with Crippen molar-refractivity contribution in [3.05, 3.63) is 164 Å². The largest absolute Gasteiger partial charge is 0.456 e. The molecule has 0 amide bonds. The smallest absolute Gasteiger partial charge is 0.152 e. The molecule has 0 fully saturated rings. The van der Waals surface area contributed by atoms with E-state index in [2.05, 4.69) is 144 Å². The molecular formula is C48H27NO3. The van der Waals surface area contributed by atoms with Crippen LogP contribution in [0, 0.1) is 0 Å². The van der Waals surface area contributed by atoms with Crippen LogP contribution >= 0.6 is 0 Å². The van der Waals surface area contributed by atoms with Crippen molar-refractivity contribution in [2.24, 2.45) is 0 Å². The van der Waals surface area contributed by atoms with Gasteiger partial charge in [-0.3, -0.25) is 0 Å². The van der Waals surface area contributed by atoms with E-state index in [4.69, 9.17) is 13.6 Å². The molecule has 0 unspecified atom stereocenters. The molecule has 4 nitrogen and oxygen atoms in total. The van der Waals surface area contributed by atoms with Crippen LogP contribution in [0.25, 0.3) is 88.4 Å².